The zero-order valence-corrected chi connectivity index (χ0v) is 19.0. The Bertz CT molecular complexity index is 1380. The van der Waals surface area contributed by atoms with Crippen molar-refractivity contribution in [1.29, 1.82) is 0 Å². The zero-order valence-electron chi connectivity index (χ0n) is 19.0. The highest BCUT2D eigenvalue weighted by Crippen LogP contribution is 2.25. The van der Waals surface area contributed by atoms with E-state index in [-0.39, 0.29) is 17.8 Å². The molecule has 172 valence electrons. The summed E-state index contributed by atoms with van der Waals surface area (Å²) >= 11 is 0. The van der Waals surface area contributed by atoms with Crippen molar-refractivity contribution in [3.63, 3.8) is 0 Å². The lowest BCUT2D eigenvalue weighted by Gasteiger charge is -2.17. The van der Waals surface area contributed by atoms with Crippen LogP contribution in [0.4, 0.5) is 20.6 Å². The third kappa shape index (κ3) is 3.87. The van der Waals surface area contributed by atoms with Crippen LogP contribution in [0.15, 0.2) is 66.7 Å². The second-order valence-corrected chi connectivity index (χ2v) is 8.19. The standard InChI is InChI=1S/C26H24FN5O2/c1-3-30-14-15-31(26(30)34)21-11-7-20(8-12-21)29-25(33)18-4-13-23-24(16-18)32(17(2)28-23)22-9-5-19(27)6-10-22/h4-13,16H,3,14-15H2,1-2H3,(H,29,33). The smallest absolute Gasteiger partial charge is 0.323 e. The second kappa shape index (κ2) is 8.62. The number of urea groups is 1. The van der Waals surface area contributed by atoms with Crippen molar-refractivity contribution in [2.24, 2.45) is 0 Å². The van der Waals surface area contributed by atoms with Gasteiger partial charge < -0.3 is 10.2 Å². The molecule has 1 aliphatic rings. The first-order chi connectivity index (χ1) is 16.4. The van der Waals surface area contributed by atoms with E-state index in [1.54, 1.807) is 52.3 Å². The van der Waals surface area contributed by atoms with Gasteiger partial charge in [0.25, 0.3) is 5.91 Å². The topological polar surface area (TPSA) is 70.5 Å². The number of hydrogen-bond acceptors (Lipinski definition) is 3. The summed E-state index contributed by atoms with van der Waals surface area (Å²) in [4.78, 5) is 33.5. The molecule has 1 fully saturated rings. The van der Waals surface area contributed by atoms with Gasteiger partial charge in [-0.15, -0.1) is 0 Å². The molecule has 0 atom stereocenters. The van der Waals surface area contributed by atoms with Gasteiger partial charge in [-0.3, -0.25) is 14.3 Å². The van der Waals surface area contributed by atoms with Gasteiger partial charge in [0.05, 0.1) is 11.0 Å². The average molecular weight is 458 g/mol. The Morgan fingerprint density at radius 3 is 2.38 bits per heavy atom. The number of aromatic nitrogens is 2. The van der Waals surface area contributed by atoms with Crippen molar-refractivity contribution in [2.45, 2.75) is 13.8 Å². The van der Waals surface area contributed by atoms with Crippen LogP contribution in [0, 0.1) is 12.7 Å². The normalized spacial score (nSPS) is 13.7. The fraction of sp³-hybridized carbons (Fsp3) is 0.192. The number of imidazole rings is 1. The first-order valence-corrected chi connectivity index (χ1v) is 11.2. The molecule has 8 heteroatoms. The van der Waals surface area contributed by atoms with E-state index in [0.29, 0.717) is 30.9 Å². The third-order valence-electron chi connectivity index (χ3n) is 6.08. The SMILES string of the molecule is CCN1CCN(c2ccc(NC(=O)c3ccc4nc(C)n(-c5ccc(F)cc5)c4c3)cc2)C1=O. The number of carbonyl (C=O) groups excluding carboxylic acids is 2. The highest BCUT2D eigenvalue weighted by Gasteiger charge is 2.28. The zero-order chi connectivity index (χ0) is 23.8. The molecule has 0 saturated carbocycles. The van der Waals surface area contributed by atoms with E-state index >= 15 is 0 Å². The number of amides is 3. The first kappa shape index (κ1) is 21.6. The molecular formula is C26H24FN5O2. The minimum atomic E-state index is -0.311. The molecule has 0 spiro atoms. The number of benzene rings is 3. The minimum Gasteiger partial charge on any atom is -0.323 e. The van der Waals surface area contributed by atoms with Crippen molar-refractivity contribution in [2.75, 3.05) is 29.9 Å². The molecule has 4 aromatic rings. The Hall–Kier alpha value is -4.20. The summed E-state index contributed by atoms with van der Waals surface area (Å²) in [6.07, 6.45) is 0. The highest BCUT2D eigenvalue weighted by molar-refractivity contribution is 6.06. The molecular weight excluding hydrogens is 433 g/mol. The average Bonchev–Trinajstić information content (AvgIpc) is 3.38. The van der Waals surface area contributed by atoms with Crippen molar-refractivity contribution < 1.29 is 14.0 Å². The molecule has 5 rings (SSSR count). The number of rotatable bonds is 5. The molecule has 0 aliphatic carbocycles. The molecule has 1 aromatic heterocycles. The van der Waals surface area contributed by atoms with Crippen LogP contribution in [0.1, 0.15) is 23.1 Å². The number of nitrogens with zero attached hydrogens (tertiary/aromatic N) is 4. The molecule has 0 bridgehead atoms. The van der Waals surface area contributed by atoms with Gasteiger partial charge in [-0.05, 0) is 80.6 Å². The van der Waals surface area contributed by atoms with E-state index in [0.717, 1.165) is 28.2 Å². The van der Waals surface area contributed by atoms with E-state index in [4.69, 9.17) is 0 Å². The van der Waals surface area contributed by atoms with Crippen LogP contribution < -0.4 is 10.2 Å². The van der Waals surface area contributed by atoms with Gasteiger partial charge in [0.15, 0.2) is 0 Å². The van der Waals surface area contributed by atoms with Crippen LogP contribution in [0.5, 0.6) is 0 Å². The minimum absolute atomic E-state index is 0.000600. The first-order valence-electron chi connectivity index (χ1n) is 11.2. The van der Waals surface area contributed by atoms with Crippen LogP contribution >= 0.6 is 0 Å². The number of anilines is 2. The fourth-order valence-corrected chi connectivity index (χ4v) is 4.30. The Labute approximate surface area is 196 Å². The largest absolute Gasteiger partial charge is 0.324 e. The lowest BCUT2D eigenvalue weighted by atomic mass is 10.1. The van der Waals surface area contributed by atoms with Crippen LogP contribution in [-0.4, -0.2) is 46.0 Å². The molecule has 1 N–H and O–H groups in total. The molecule has 1 aliphatic heterocycles. The van der Waals surface area contributed by atoms with Crippen molar-refractivity contribution in [3.8, 4) is 5.69 Å². The summed E-state index contributed by atoms with van der Waals surface area (Å²) in [5.41, 5.74) is 4.20. The molecule has 3 aromatic carbocycles. The van der Waals surface area contributed by atoms with E-state index in [2.05, 4.69) is 10.3 Å². The summed E-state index contributed by atoms with van der Waals surface area (Å²) in [7, 11) is 0. The number of carbonyl (C=O) groups is 2. The number of likely N-dealkylation sites (N-methyl/N-ethyl adjacent to an activating group) is 1. The predicted molar refractivity (Wildman–Crippen MR) is 130 cm³/mol. The van der Waals surface area contributed by atoms with Crippen LogP contribution in [-0.2, 0) is 0 Å². The van der Waals surface area contributed by atoms with Gasteiger partial charge in [-0.25, -0.2) is 14.2 Å². The number of hydrogen-bond donors (Lipinski definition) is 1. The van der Waals surface area contributed by atoms with Gasteiger partial charge in [0.1, 0.15) is 11.6 Å². The van der Waals surface area contributed by atoms with Gasteiger partial charge in [0.2, 0.25) is 0 Å². The predicted octanol–water partition coefficient (Wildman–Crippen LogP) is 4.99. The quantitative estimate of drug-likeness (QED) is 0.459. The van der Waals surface area contributed by atoms with Crippen LogP contribution in [0.3, 0.4) is 0 Å². The molecule has 2 heterocycles. The third-order valence-corrected chi connectivity index (χ3v) is 6.08. The Morgan fingerprint density at radius 2 is 1.71 bits per heavy atom. The van der Waals surface area contributed by atoms with Crippen LogP contribution in [0.25, 0.3) is 16.7 Å². The van der Waals surface area contributed by atoms with Crippen molar-refractivity contribution in [1.82, 2.24) is 14.5 Å². The maximum atomic E-state index is 13.4. The summed E-state index contributed by atoms with van der Waals surface area (Å²) in [6.45, 7) is 5.89. The molecule has 0 radical (unpaired) electrons. The summed E-state index contributed by atoms with van der Waals surface area (Å²) in [5, 5.41) is 2.91. The number of halogens is 1. The summed E-state index contributed by atoms with van der Waals surface area (Å²) in [5.74, 6) is 0.176. The van der Waals surface area contributed by atoms with Crippen LogP contribution in [0.2, 0.25) is 0 Å². The van der Waals surface area contributed by atoms with Gasteiger partial charge in [0, 0.05) is 42.3 Å². The maximum absolute atomic E-state index is 13.4. The van der Waals surface area contributed by atoms with Crippen molar-refractivity contribution in [3.05, 3.63) is 83.9 Å². The molecule has 7 nitrogen and oxygen atoms in total. The lowest BCUT2D eigenvalue weighted by Crippen LogP contribution is -2.31. The van der Waals surface area contributed by atoms with Gasteiger partial charge in [-0.1, -0.05) is 0 Å². The van der Waals surface area contributed by atoms with E-state index in [1.165, 1.54) is 12.1 Å². The van der Waals surface area contributed by atoms with Crippen molar-refractivity contribution >= 4 is 34.3 Å². The van der Waals surface area contributed by atoms with E-state index in [9.17, 15) is 14.0 Å². The second-order valence-electron chi connectivity index (χ2n) is 8.19. The molecule has 1 saturated heterocycles. The number of nitrogens with one attached hydrogen (secondary N) is 1. The van der Waals surface area contributed by atoms with Gasteiger partial charge in [-0.2, -0.15) is 0 Å². The maximum Gasteiger partial charge on any atom is 0.324 e. The Kier molecular flexibility index (Phi) is 5.49. The molecule has 34 heavy (non-hydrogen) atoms. The van der Waals surface area contributed by atoms with Gasteiger partial charge >= 0.3 is 6.03 Å². The van der Waals surface area contributed by atoms with E-state index < -0.39 is 0 Å². The fourth-order valence-electron chi connectivity index (χ4n) is 4.30. The van der Waals surface area contributed by atoms with E-state index in [1.807, 2.05) is 30.5 Å². The summed E-state index contributed by atoms with van der Waals surface area (Å²) in [6, 6.07) is 18.7. The Morgan fingerprint density at radius 1 is 1.00 bits per heavy atom. The summed E-state index contributed by atoms with van der Waals surface area (Å²) < 4.78 is 15.3. The number of fused-ring (bicyclic) bond motifs is 1. The lowest BCUT2D eigenvalue weighted by molar-refractivity contribution is 0.102. The molecule has 3 amide bonds. The Balaban J connectivity index is 1.37. The number of aryl methyl sites for hydroxylation is 1. The highest BCUT2D eigenvalue weighted by atomic mass is 19.1. The molecule has 0 unspecified atom stereocenters. The monoisotopic (exact) mass is 457 g/mol.